The van der Waals surface area contributed by atoms with Crippen LogP contribution < -0.4 is 0 Å². The highest BCUT2D eigenvalue weighted by molar-refractivity contribution is 5.25. The van der Waals surface area contributed by atoms with E-state index in [1.54, 1.807) is 0 Å². The molecule has 0 heterocycles. The summed E-state index contributed by atoms with van der Waals surface area (Å²) in [5, 5.41) is 2.16. The lowest BCUT2D eigenvalue weighted by Gasteiger charge is -2.34. The summed E-state index contributed by atoms with van der Waals surface area (Å²) in [5.74, 6) is 0. The maximum absolute atomic E-state index is 6.66. The molecule has 0 aromatic heterocycles. The second kappa shape index (κ2) is 10.7. The van der Waals surface area contributed by atoms with Crippen molar-refractivity contribution in [1.29, 1.82) is 0 Å². The van der Waals surface area contributed by atoms with Crippen molar-refractivity contribution >= 4 is 0 Å². The van der Waals surface area contributed by atoms with Crippen molar-refractivity contribution in [2.75, 3.05) is 0 Å². The molecule has 4 aromatic rings. The van der Waals surface area contributed by atoms with Gasteiger partial charge in [0.05, 0.1) is 6.04 Å². The second-order valence-corrected chi connectivity index (χ2v) is 7.84. The Hall–Kier alpha value is -3.20. The van der Waals surface area contributed by atoms with Crippen LogP contribution in [-0.2, 0) is 17.8 Å². The number of rotatable bonds is 9. The molecule has 0 spiro atoms. The van der Waals surface area contributed by atoms with Gasteiger partial charge in [-0.25, -0.2) is 0 Å². The lowest BCUT2D eigenvalue weighted by atomic mass is 9.98. The molecule has 0 fully saturated rings. The van der Waals surface area contributed by atoms with E-state index in [2.05, 4.69) is 127 Å². The summed E-state index contributed by atoms with van der Waals surface area (Å²) in [6, 6.07) is 42.4. The van der Waals surface area contributed by atoms with E-state index >= 15 is 0 Å². The van der Waals surface area contributed by atoms with E-state index in [-0.39, 0.29) is 12.1 Å². The zero-order chi connectivity index (χ0) is 21.3. The minimum Gasteiger partial charge on any atom is -0.290 e. The molecule has 0 N–H and O–H groups in total. The van der Waals surface area contributed by atoms with Crippen molar-refractivity contribution in [3.8, 4) is 0 Å². The summed E-state index contributed by atoms with van der Waals surface area (Å²) in [4.78, 5) is 6.66. The molecule has 0 radical (unpaired) electrons. The number of hydrogen-bond donors (Lipinski definition) is 0. The molecule has 2 nitrogen and oxygen atoms in total. The van der Waals surface area contributed by atoms with Gasteiger partial charge in [0.15, 0.2) is 0 Å². The molecule has 31 heavy (non-hydrogen) atoms. The minimum atomic E-state index is -0.0492. The van der Waals surface area contributed by atoms with Crippen LogP contribution >= 0.6 is 0 Å². The Morgan fingerprint density at radius 2 is 1.03 bits per heavy atom. The van der Waals surface area contributed by atoms with Crippen LogP contribution in [0.3, 0.4) is 0 Å². The van der Waals surface area contributed by atoms with Gasteiger partial charge in [-0.2, -0.15) is 5.06 Å². The maximum atomic E-state index is 6.66. The fourth-order valence-electron chi connectivity index (χ4n) is 3.87. The van der Waals surface area contributed by atoms with Crippen molar-refractivity contribution in [2.24, 2.45) is 0 Å². The molecule has 4 aromatic carbocycles. The monoisotopic (exact) mass is 407 g/mol. The molecule has 2 heteroatoms. The smallest absolute Gasteiger partial charge is 0.101 e. The van der Waals surface area contributed by atoms with E-state index in [0.717, 1.165) is 6.42 Å². The first-order chi connectivity index (χ1) is 15.3. The minimum absolute atomic E-state index is 0.0492. The van der Waals surface area contributed by atoms with Crippen molar-refractivity contribution in [3.63, 3.8) is 0 Å². The van der Waals surface area contributed by atoms with E-state index in [1.165, 1.54) is 22.3 Å². The fraction of sp³-hybridized carbons (Fsp3) is 0.172. The summed E-state index contributed by atoms with van der Waals surface area (Å²) in [6.07, 6.45) is 0.825. The van der Waals surface area contributed by atoms with E-state index in [1.807, 2.05) is 6.07 Å². The van der Waals surface area contributed by atoms with Crippen LogP contribution in [0, 0.1) is 0 Å². The topological polar surface area (TPSA) is 12.5 Å². The van der Waals surface area contributed by atoms with Gasteiger partial charge in [0.1, 0.15) is 6.10 Å². The van der Waals surface area contributed by atoms with Gasteiger partial charge in [-0.3, -0.25) is 4.84 Å². The van der Waals surface area contributed by atoms with Crippen LogP contribution in [0.15, 0.2) is 121 Å². The normalized spacial score (nSPS) is 13.1. The quantitative estimate of drug-likeness (QED) is 0.273. The van der Waals surface area contributed by atoms with E-state index in [9.17, 15) is 0 Å². The largest absolute Gasteiger partial charge is 0.290 e. The molecular formula is C29H29NO. The van der Waals surface area contributed by atoms with Crippen LogP contribution in [0.25, 0.3) is 0 Å². The predicted molar refractivity (Wildman–Crippen MR) is 127 cm³/mol. The Bertz CT molecular complexity index is 1020. The number of hydrogen-bond acceptors (Lipinski definition) is 2. The van der Waals surface area contributed by atoms with Gasteiger partial charge in [-0.15, -0.1) is 0 Å². The van der Waals surface area contributed by atoms with Crippen molar-refractivity contribution < 1.29 is 4.84 Å². The van der Waals surface area contributed by atoms with Crippen LogP contribution in [0.5, 0.6) is 0 Å². The molecule has 2 unspecified atom stereocenters. The average molecular weight is 408 g/mol. The van der Waals surface area contributed by atoms with Gasteiger partial charge in [-0.1, -0.05) is 121 Å². The lowest BCUT2D eigenvalue weighted by Crippen LogP contribution is -2.31. The first-order valence-corrected chi connectivity index (χ1v) is 10.9. The molecule has 2 atom stereocenters. The molecule has 0 amide bonds. The fourth-order valence-corrected chi connectivity index (χ4v) is 3.87. The molecule has 0 bridgehead atoms. The van der Waals surface area contributed by atoms with Crippen LogP contribution in [0.4, 0.5) is 0 Å². The van der Waals surface area contributed by atoms with Crippen molar-refractivity contribution in [1.82, 2.24) is 5.06 Å². The Morgan fingerprint density at radius 1 is 0.581 bits per heavy atom. The number of hydroxylamine groups is 2. The molecule has 0 saturated carbocycles. The van der Waals surface area contributed by atoms with Gasteiger partial charge in [-0.05, 0) is 35.6 Å². The van der Waals surface area contributed by atoms with E-state index in [0.29, 0.717) is 6.54 Å². The highest BCUT2D eigenvalue weighted by Crippen LogP contribution is 2.31. The van der Waals surface area contributed by atoms with Gasteiger partial charge in [0, 0.05) is 6.54 Å². The predicted octanol–water partition coefficient (Wildman–Crippen LogP) is 7.17. The van der Waals surface area contributed by atoms with Crippen LogP contribution in [0.1, 0.15) is 41.3 Å². The third kappa shape index (κ3) is 5.91. The first-order valence-electron chi connectivity index (χ1n) is 10.9. The lowest BCUT2D eigenvalue weighted by molar-refractivity contribution is -0.228. The Labute approximate surface area is 185 Å². The highest BCUT2D eigenvalue weighted by atomic mass is 16.7. The summed E-state index contributed by atoms with van der Waals surface area (Å²) in [5.41, 5.74) is 4.96. The number of nitrogens with zero attached hydrogens (tertiary/aromatic N) is 1. The standard InChI is InChI=1S/C29H29NO/c1-24(27-18-10-4-11-19-27)31-30(23-26-16-8-3-9-17-26)29(28-20-12-5-13-21-28)22-25-14-6-2-7-15-25/h2-21,24,29H,22-23H2,1H3. The first kappa shape index (κ1) is 21.0. The van der Waals surface area contributed by atoms with Crippen LogP contribution in [0.2, 0.25) is 0 Å². The Kier molecular flexibility index (Phi) is 7.28. The molecule has 4 rings (SSSR count). The zero-order valence-corrected chi connectivity index (χ0v) is 18.0. The van der Waals surface area contributed by atoms with Crippen molar-refractivity contribution in [2.45, 2.75) is 32.0 Å². The molecule has 0 saturated heterocycles. The zero-order valence-electron chi connectivity index (χ0n) is 18.0. The summed E-state index contributed by atoms with van der Waals surface area (Å²) in [6.45, 7) is 2.84. The van der Waals surface area contributed by atoms with Gasteiger partial charge >= 0.3 is 0 Å². The average Bonchev–Trinajstić information content (AvgIpc) is 2.84. The molecule has 0 aliphatic heterocycles. The summed E-state index contributed by atoms with van der Waals surface area (Å²) >= 11 is 0. The van der Waals surface area contributed by atoms with E-state index < -0.39 is 0 Å². The second-order valence-electron chi connectivity index (χ2n) is 7.84. The molecule has 0 aliphatic rings. The molecular weight excluding hydrogens is 378 g/mol. The third-order valence-corrected chi connectivity index (χ3v) is 5.55. The Morgan fingerprint density at radius 3 is 1.58 bits per heavy atom. The van der Waals surface area contributed by atoms with Gasteiger partial charge in [0.2, 0.25) is 0 Å². The van der Waals surface area contributed by atoms with Crippen LogP contribution in [-0.4, -0.2) is 5.06 Å². The highest BCUT2D eigenvalue weighted by Gasteiger charge is 2.24. The van der Waals surface area contributed by atoms with Gasteiger partial charge < -0.3 is 0 Å². The SMILES string of the molecule is CC(ON(Cc1ccccc1)C(Cc1ccccc1)c1ccccc1)c1ccccc1. The summed E-state index contributed by atoms with van der Waals surface area (Å²) < 4.78 is 0. The van der Waals surface area contributed by atoms with E-state index in [4.69, 9.17) is 4.84 Å². The number of benzene rings is 4. The summed E-state index contributed by atoms with van der Waals surface area (Å²) in [7, 11) is 0. The molecule has 0 aliphatic carbocycles. The maximum Gasteiger partial charge on any atom is 0.101 e. The van der Waals surface area contributed by atoms with Crippen molar-refractivity contribution in [3.05, 3.63) is 144 Å². The Balaban J connectivity index is 1.67. The van der Waals surface area contributed by atoms with Gasteiger partial charge in [0.25, 0.3) is 0 Å². The third-order valence-electron chi connectivity index (χ3n) is 5.55. The molecule has 156 valence electrons.